The number of fused-ring (bicyclic) bond motifs is 1. The van der Waals surface area contributed by atoms with Crippen LogP contribution in [0.5, 0.6) is 17.2 Å². The third-order valence-electron chi connectivity index (χ3n) is 7.75. The smallest absolute Gasteiger partial charge is 0.315 e. The molecule has 0 amide bonds. The number of benzene rings is 2. The van der Waals surface area contributed by atoms with E-state index in [1.54, 1.807) is 14.2 Å². The Labute approximate surface area is 200 Å². The molecule has 5 rings (SSSR count). The maximum absolute atomic E-state index is 13.0. The quantitative estimate of drug-likeness (QED) is 0.463. The summed E-state index contributed by atoms with van der Waals surface area (Å²) in [5.74, 6) is 2.16. The highest BCUT2D eigenvalue weighted by atomic mass is 16.5. The molecule has 2 aromatic rings. The zero-order chi connectivity index (χ0) is 23.7. The Balaban J connectivity index is 1.43. The lowest BCUT2D eigenvalue weighted by Gasteiger charge is -2.39. The molecule has 0 saturated heterocycles. The van der Waals surface area contributed by atoms with Crippen LogP contribution in [0.15, 0.2) is 30.3 Å². The summed E-state index contributed by atoms with van der Waals surface area (Å²) in [5, 5.41) is 0. The summed E-state index contributed by atoms with van der Waals surface area (Å²) in [4.78, 5) is 25.1. The van der Waals surface area contributed by atoms with E-state index in [1.165, 1.54) is 6.42 Å². The van der Waals surface area contributed by atoms with Crippen LogP contribution < -0.4 is 14.2 Å². The molecule has 0 bridgehead atoms. The molecular weight excluding hydrogens is 432 g/mol. The van der Waals surface area contributed by atoms with Crippen LogP contribution in [0.25, 0.3) is 11.1 Å². The van der Waals surface area contributed by atoms with Crippen LogP contribution in [0, 0.1) is 11.3 Å². The first-order valence-electron chi connectivity index (χ1n) is 12.3. The number of hydrogen-bond acceptors (Lipinski definition) is 6. The van der Waals surface area contributed by atoms with Gasteiger partial charge in [0.05, 0.1) is 20.8 Å². The topological polar surface area (TPSA) is 71.1 Å². The van der Waals surface area contributed by atoms with Gasteiger partial charge in [-0.05, 0) is 61.3 Å². The van der Waals surface area contributed by atoms with E-state index < -0.39 is 5.41 Å². The van der Waals surface area contributed by atoms with Gasteiger partial charge in [0.2, 0.25) is 5.75 Å². The molecule has 2 saturated carbocycles. The first-order chi connectivity index (χ1) is 16.5. The van der Waals surface area contributed by atoms with E-state index in [0.29, 0.717) is 36.2 Å². The van der Waals surface area contributed by atoms with E-state index in [0.717, 1.165) is 60.8 Å². The van der Waals surface area contributed by atoms with E-state index in [1.807, 2.05) is 24.3 Å². The maximum atomic E-state index is 13.0. The van der Waals surface area contributed by atoms with Crippen LogP contribution in [-0.2, 0) is 16.0 Å². The molecule has 0 atom stereocenters. The van der Waals surface area contributed by atoms with E-state index in [4.69, 9.17) is 18.9 Å². The Morgan fingerprint density at radius 1 is 0.971 bits per heavy atom. The van der Waals surface area contributed by atoms with Gasteiger partial charge in [-0.25, -0.2) is 0 Å². The number of ether oxygens (including phenoxy) is 4. The van der Waals surface area contributed by atoms with E-state index in [9.17, 15) is 9.59 Å². The van der Waals surface area contributed by atoms with Crippen molar-refractivity contribution in [2.75, 3.05) is 27.4 Å². The molecule has 0 unspecified atom stereocenters. The Kier molecular flexibility index (Phi) is 6.24. The molecule has 3 aliphatic rings. The first kappa shape index (κ1) is 22.8. The van der Waals surface area contributed by atoms with Crippen LogP contribution in [0.2, 0.25) is 0 Å². The maximum Gasteiger partial charge on any atom is 0.315 e. The zero-order valence-electron chi connectivity index (χ0n) is 20.0. The molecule has 3 aliphatic carbocycles. The Morgan fingerprint density at radius 2 is 1.76 bits per heavy atom. The number of carbonyl (C=O) groups is 2. The molecule has 6 nitrogen and oxygen atoms in total. The highest BCUT2D eigenvalue weighted by Crippen LogP contribution is 2.48. The summed E-state index contributed by atoms with van der Waals surface area (Å²) in [5.41, 5.74) is 3.03. The molecule has 0 aliphatic heterocycles. The van der Waals surface area contributed by atoms with Crippen molar-refractivity contribution >= 4 is 11.8 Å². The van der Waals surface area contributed by atoms with Crippen molar-refractivity contribution < 1.29 is 28.5 Å². The Hall–Kier alpha value is -3.02. The molecule has 2 aromatic carbocycles. The van der Waals surface area contributed by atoms with Gasteiger partial charge in [-0.3, -0.25) is 9.59 Å². The van der Waals surface area contributed by atoms with Gasteiger partial charge in [-0.15, -0.1) is 0 Å². The lowest BCUT2D eigenvalue weighted by molar-refractivity contribution is -0.166. The highest BCUT2D eigenvalue weighted by molar-refractivity contribution is 6.01. The zero-order valence-corrected chi connectivity index (χ0v) is 20.0. The predicted octanol–water partition coefficient (Wildman–Crippen LogP) is 5.39. The SMILES string of the molecule is COc1ccc(-c2ccc3c(c2)CCC3=O)c(OCC2(C(=O)OCC3CCC3)CCC2)c1OC. The summed E-state index contributed by atoms with van der Waals surface area (Å²) < 4.78 is 23.3. The Bertz CT molecular complexity index is 1100. The standard InChI is InChI=1S/C28H32O6/c1-31-24-12-10-22(20-7-9-21-19(15-20)8-11-23(21)29)25(26(24)32-2)34-17-28(13-4-14-28)27(30)33-16-18-5-3-6-18/h7,9-10,12,15,18H,3-6,8,11,13-14,16-17H2,1-2H3. The van der Waals surface area contributed by atoms with Gasteiger partial charge < -0.3 is 18.9 Å². The third-order valence-corrected chi connectivity index (χ3v) is 7.75. The molecule has 0 aromatic heterocycles. The minimum atomic E-state index is -0.612. The molecule has 0 radical (unpaired) electrons. The predicted molar refractivity (Wildman–Crippen MR) is 128 cm³/mol. The van der Waals surface area contributed by atoms with Crippen molar-refractivity contribution in [2.24, 2.45) is 11.3 Å². The monoisotopic (exact) mass is 464 g/mol. The summed E-state index contributed by atoms with van der Waals surface area (Å²) >= 11 is 0. The average molecular weight is 465 g/mol. The number of aryl methyl sites for hydroxylation is 1. The van der Waals surface area contributed by atoms with Gasteiger partial charge in [-0.1, -0.05) is 31.0 Å². The number of ketones is 1. The minimum Gasteiger partial charge on any atom is -0.493 e. The molecular formula is C28H32O6. The van der Waals surface area contributed by atoms with Crippen molar-refractivity contribution in [3.8, 4) is 28.4 Å². The highest BCUT2D eigenvalue weighted by Gasteiger charge is 2.47. The fraction of sp³-hybridized carbons (Fsp3) is 0.500. The molecule has 0 N–H and O–H groups in total. The van der Waals surface area contributed by atoms with Crippen LogP contribution in [0.4, 0.5) is 0 Å². The third kappa shape index (κ3) is 4.04. The molecule has 0 heterocycles. The summed E-state index contributed by atoms with van der Waals surface area (Å²) in [6.45, 7) is 0.749. The second-order valence-corrected chi connectivity index (χ2v) is 9.79. The lowest BCUT2D eigenvalue weighted by atomic mass is 9.69. The molecule has 0 spiro atoms. The largest absolute Gasteiger partial charge is 0.493 e. The number of Topliss-reactive ketones (excluding diaryl/α,β-unsaturated/α-hetero) is 1. The van der Waals surface area contributed by atoms with E-state index in [-0.39, 0.29) is 18.4 Å². The average Bonchev–Trinajstić information content (AvgIpc) is 3.16. The molecule has 6 heteroatoms. The van der Waals surface area contributed by atoms with Crippen LogP contribution in [-0.4, -0.2) is 39.2 Å². The fourth-order valence-electron chi connectivity index (χ4n) is 5.12. The van der Waals surface area contributed by atoms with Gasteiger partial charge in [0.15, 0.2) is 17.3 Å². The van der Waals surface area contributed by atoms with Crippen molar-refractivity contribution in [3.63, 3.8) is 0 Å². The molecule has 2 fully saturated rings. The first-order valence-corrected chi connectivity index (χ1v) is 12.3. The van der Waals surface area contributed by atoms with E-state index >= 15 is 0 Å². The fourth-order valence-corrected chi connectivity index (χ4v) is 5.12. The van der Waals surface area contributed by atoms with E-state index in [2.05, 4.69) is 6.07 Å². The second kappa shape index (κ2) is 9.32. The summed E-state index contributed by atoms with van der Waals surface area (Å²) in [6, 6.07) is 9.69. The number of methoxy groups -OCH3 is 2. The second-order valence-electron chi connectivity index (χ2n) is 9.79. The lowest BCUT2D eigenvalue weighted by Crippen LogP contribution is -2.45. The van der Waals surface area contributed by atoms with Crippen LogP contribution in [0.3, 0.4) is 0 Å². The number of rotatable bonds is 9. The van der Waals surface area contributed by atoms with Gasteiger partial charge in [-0.2, -0.15) is 0 Å². The van der Waals surface area contributed by atoms with Gasteiger partial charge in [0.1, 0.15) is 12.0 Å². The van der Waals surface area contributed by atoms with Gasteiger partial charge >= 0.3 is 5.97 Å². The number of carbonyl (C=O) groups excluding carboxylic acids is 2. The number of esters is 1. The summed E-state index contributed by atoms with van der Waals surface area (Å²) in [7, 11) is 3.18. The normalized spacial score (nSPS) is 18.5. The van der Waals surface area contributed by atoms with Crippen LogP contribution in [0.1, 0.15) is 60.9 Å². The van der Waals surface area contributed by atoms with Gasteiger partial charge in [0, 0.05) is 17.5 Å². The van der Waals surface area contributed by atoms with Gasteiger partial charge in [0.25, 0.3) is 0 Å². The van der Waals surface area contributed by atoms with Crippen molar-refractivity contribution in [3.05, 3.63) is 41.5 Å². The number of hydrogen-bond donors (Lipinski definition) is 0. The Morgan fingerprint density at radius 3 is 2.41 bits per heavy atom. The van der Waals surface area contributed by atoms with Crippen LogP contribution >= 0.6 is 0 Å². The van der Waals surface area contributed by atoms with Crippen molar-refractivity contribution in [2.45, 2.75) is 51.4 Å². The molecule has 180 valence electrons. The van der Waals surface area contributed by atoms with Crippen molar-refractivity contribution in [1.82, 2.24) is 0 Å². The minimum absolute atomic E-state index is 0.148. The van der Waals surface area contributed by atoms with Crippen molar-refractivity contribution in [1.29, 1.82) is 0 Å². The molecule has 34 heavy (non-hydrogen) atoms. The summed E-state index contributed by atoms with van der Waals surface area (Å²) in [6.07, 6.45) is 7.34.